The molecule has 0 aliphatic heterocycles. The van der Waals surface area contributed by atoms with Crippen molar-refractivity contribution >= 4 is 28.5 Å². The summed E-state index contributed by atoms with van der Waals surface area (Å²) in [6.45, 7) is 4.39. The van der Waals surface area contributed by atoms with Gasteiger partial charge in [-0.1, -0.05) is 50.2 Å². The van der Waals surface area contributed by atoms with Gasteiger partial charge in [0.1, 0.15) is 5.82 Å². The Hall–Kier alpha value is -2.79. The van der Waals surface area contributed by atoms with E-state index in [0.717, 1.165) is 23.2 Å². The van der Waals surface area contributed by atoms with Gasteiger partial charge in [-0.15, -0.1) is 11.3 Å². The highest BCUT2D eigenvalue weighted by Crippen LogP contribution is 2.27. The molecule has 138 valence electrons. The summed E-state index contributed by atoms with van der Waals surface area (Å²) < 4.78 is 12.9. The maximum Gasteiger partial charge on any atom is 0.250 e. The molecule has 1 amide bonds. The third-order valence-electron chi connectivity index (χ3n) is 4.42. The first kappa shape index (κ1) is 19.0. The van der Waals surface area contributed by atoms with E-state index < -0.39 is 0 Å². The van der Waals surface area contributed by atoms with Crippen LogP contribution in [-0.4, -0.2) is 10.9 Å². The van der Waals surface area contributed by atoms with E-state index in [9.17, 15) is 9.18 Å². The van der Waals surface area contributed by atoms with Crippen molar-refractivity contribution in [3.8, 4) is 11.3 Å². The van der Waals surface area contributed by atoms with Gasteiger partial charge >= 0.3 is 0 Å². The average molecular weight is 380 g/mol. The van der Waals surface area contributed by atoms with Crippen LogP contribution in [0.1, 0.15) is 37.3 Å². The molecule has 2 aromatic carbocycles. The molecule has 1 aromatic heterocycles. The van der Waals surface area contributed by atoms with Gasteiger partial charge in [-0.25, -0.2) is 9.37 Å². The lowest BCUT2D eigenvalue weighted by Gasteiger charge is -2.08. The van der Waals surface area contributed by atoms with Crippen LogP contribution in [0.5, 0.6) is 0 Å². The van der Waals surface area contributed by atoms with E-state index in [0.29, 0.717) is 11.0 Å². The smallest absolute Gasteiger partial charge is 0.250 e. The highest BCUT2D eigenvalue weighted by molar-refractivity contribution is 7.14. The van der Waals surface area contributed by atoms with E-state index in [1.165, 1.54) is 35.1 Å². The van der Waals surface area contributed by atoms with E-state index in [4.69, 9.17) is 0 Å². The largest absolute Gasteiger partial charge is 0.298 e. The van der Waals surface area contributed by atoms with Gasteiger partial charge in [0, 0.05) is 17.0 Å². The van der Waals surface area contributed by atoms with Crippen molar-refractivity contribution in [3.05, 3.63) is 76.9 Å². The van der Waals surface area contributed by atoms with Gasteiger partial charge in [0.15, 0.2) is 5.13 Å². The fourth-order valence-electron chi connectivity index (χ4n) is 2.57. The van der Waals surface area contributed by atoms with Gasteiger partial charge < -0.3 is 0 Å². The number of hydrogen-bond acceptors (Lipinski definition) is 3. The topological polar surface area (TPSA) is 42.0 Å². The Bertz CT molecular complexity index is 930. The quantitative estimate of drug-likeness (QED) is 0.524. The second-order valence-corrected chi connectivity index (χ2v) is 7.20. The fraction of sp³-hybridized carbons (Fsp3) is 0.182. The van der Waals surface area contributed by atoms with Gasteiger partial charge in [0.2, 0.25) is 5.91 Å². The molecule has 5 heteroatoms. The van der Waals surface area contributed by atoms with Crippen molar-refractivity contribution in [2.45, 2.75) is 26.2 Å². The molecule has 0 bridgehead atoms. The van der Waals surface area contributed by atoms with Gasteiger partial charge in [-0.05, 0) is 41.7 Å². The Balaban J connectivity index is 1.63. The van der Waals surface area contributed by atoms with Crippen molar-refractivity contribution < 1.29 is 9.18 Å². The standard InChI is InChI=1S/C22H21FN2OS/c1-3-15(2)17-7-9-18(10-8-17)20-14-27-22(24-20)25-21(26)13-6-16-4-11-19(23)12-5-16/h4-15H,3H2,1-2H3,(H,24,25,26). The zero-order valence-corrected chi connectivity index (χ0v) is 16.1. The SMILES string of the molecule is CCC(C)c1ccc(-c2csc(NC(=O)C=Cc3ccc(F)cc3)n2)cc1. The number of benzene rings is 2. The van der Waals surface area contributed by atoms with Crippen LogP contribution < -0.4 is 5.32 Å². The first-order chi connectivity index (χ1) is 13.0. The van der Waals surface area contributed by atoms with Crippen molar-refractivity contribution in [2.24, 2.45) is 0 Å². The van der Waals surface area contributed by atoms with Crippen LogP contribution in [0.2, 0.25) is 0 Å². The molecule has 3 rings (SSSR count). The third kappa shape index (κ3) is 5.11. The van der Waals surface area contributed by atoms with Gasteiger partial charge in [0.05, 0.1) is 5.69 Å². The van der Waals surface area contributed by atoms with Crippen LogP contribution in [-0.2, 0) is 4.79 Å². The molecule has 0 saturated heterocycles. The Morgan fingerprint density at radius 2 is 1.89 bits per heavy atom. The molecule has 1 heterocycles. The lowest BCUT2D eigenvalue weighted by Crippen LogP contribution is -2.07. The first-order valence-corrected chi connectivity index (χ1v) is 9.73. The number of hydrogen-bond donors (Lipinski definition) is 1. The predicted octanol–water partition coefficient (Wildman–Crippen LogP) is 6.11. The summed E-state index contributed by atoms with van der Waals surface area (Å²) in [5.41, 5.74) is 3.94. The summed E-state index contributed by atoms with van der Waals surface area (Å²) in [6.07, 6.45) is 4.16. The number of aromatic nitrogens is 1. The zero-order chi connectivity index (χ0) is 19.2. The normalized spacial score (nSPS) is 12.3. The van der Waals surface area contributed by atoms with Gasteiger partial charge in [-0.3, -0.25) is 10.1 Å². The highest BCUT2D eigenvalue weighted by atomic mass is 32.1. The minimum atomic E-state index is -0.302. The lowest BCUT2D eigenvalue weighted by molar-refractivity contribution is -0.111. The molecule has 0 fully saturated rings. The monoisotopic (exact) mass is 380 g/mol. The number of anilines is 1. The number of amides is 1. The maximum atomic E-state index is 12.9. The Morgan fingerprint density at radius 3 is 2.56 bits per heavy atom. The second kappa shape index (κ2) is 8.73. The lowest BCUT2D eigenvalue weighted by atomic mass is 9.97. The number of carbonyl (C=O) groups excluding carboxylic acids is 1. The Morgan fingerprint density at radius 1 is 1.19 bits per heavy atom. The molecule has 1 N–H and O–H groups in total. The van der Waals surface area contributed by atoms with E-state index in [1.807, 2.05) is 5.38 Å². The number of carbonyl (C=O) groups is 1. The van der Waals surface area contributed by atoms with Crippen LogP contribution in [0.4, 0.5) is 9.52 Å². The van der Waals surface area contributed by atoms with Crippen LogP contribution >= 0.6 is 11.3 Å². The molecule has 27 heavy (non-hydrogen) atoms. The third-order valence-corrected chi connectivity index (χ3v) is 5.18. The van der Waals surface area contributed by atoms with Crippen LogP contribution in [0.3, 0.4) is 0 Å². The van der Waals surface area contributed by atoms with Crippen molar-refractivity contribution in [3.63, 3.8) is 0 Å². The van der Waals surface area contributed by atoms with E-state index in [2.05, 4.69) is 48.4 Å². The molecule has 0 spiro atoms. The van der Waals surface area contributed by atoms with Crippen molar-refractivity contribution in [2.75, 3.05) is 5.32 Å². The van der Waals surface area contributed by atoms with Crippen molar-refractivity contribution in [1.82, 2.24) is 4.98 Å². The number of rotatable bonds is 6. The summed E-state index contributed by atoms with van der Waals surface area (Å²) in [5.74, 6) is -0.0336. The van der Waals surface area contributed by atoms with Crippen molar-refractivity contribution in [1.29, 1.82) is 0 Å². The molecule has 3 nitrogen and oxygen atoms in total. The number of nitrogens with one attached hydrogen (secondary N) is 1. The van der Waals surface area contributed by atoms with E-state index in [-0.39, 0.29) is 11.7 Å². The molecule has 0 radical (unpaired) electrons. The number of thiazole rings is 1. The highest BCUT2D eigenvalue weighted by Gasteiger charge is 2.08. The molecule has 0 aliphatic rings. The van der Waals surface area contributed by atoms with Crippen LogP contribution in [0, 0.1) is 5.82 Å². The predicted molar refractivity (Wildman–Crippen MR) is 110 cm³/mol. The summed E-state index contributed by atoms with van der Waals surface area (Å²) in [5, 5.41) is 5.23. The second-order valence-electron chi connectivity index (χ2n) is 6.34. The molecular weight excluding hydrogens is 359 g/mol. The van der Waals surface area contributed by atoms with Crippen LogP contribution in [0.15, 0.2) is 60.0 Å². The number of nitrogens with zero attached hydrogens (tertiary/aromatic N) is 1. The zero-order valence-electron chi connectivity index (χ0n) is 15.3. The maximum absolute atomic E-state index is 12.9. The minimum Gasteiger partial charge on any atom is -0.298 e. The van der Waals surface area contributed by atoms with Gasteiger partial charge in [0.25, 0.3) is 0 Å². The van der Waals surface area contributed by atoms with Crippen LogP contribution in [0.25, 0.3) is 17.3 Å². The average Bonchev–Trinajstić information content (AvgIpc) is 3.15. The minimum absolute atomic E-state index is 0.271. The first-order valence-electron chi connectivity index (χ1n) is 8.85. The molecular formula is C22H21FN2OS. The summed E-state index contributed by atoms with van der Waals surface area (Å²) >= 11 is 1.38. The summed E-state index contributed by atoms with van der Waals surface area (Å²) in [7, 11) is 0. The van der Waals surface area contributed by atoms with E-state index >= 15 is 0 Å². The van der Waals surface area contributed by atoms with E-state index in [1.54, 1.807) is 18.2 Å². The molecule has 1 unspecified atom stereocenters. The van der Waals surface area contributed by atoms with Gasteiger partial charge in [-0.2, -0.15) is 0 Å². The Kier molecular flexibility index (Phi) is 6.14. The Labute approximate surface area is 162 Å². The molecule has 1 atom stereocenters. The summed E-state index contributed by atoms with van der Waals surface area (Å²) in [4.78, 5) is 16.5. The molecule has 0 aliphatic carbocycles. The number of halogens is 1. The molecule has 0 saturated carbocycles. The molecule has 3 aromatic rings. The summed E-state index contributed by atoms with van der Waals surface area (Å²) in [6, 6.07) is 14.3. The fourth-order valence-corrected chi connectivity index (χ4v) is 3.30.